The number of rotatable bonds is 5. The van der Waals surface area contributed by atoms with E-state index in [9.17, 15) is 9.90 Å². The van der Waals surface area contributed by atoms with Crippen molar-refractivity contribution < 1.29 is 9.90 Å². The van der Waals surface area contributed by atoms with E-state index in [1.165, 1.54) is 16.9 Å². The molecule has 0 saturated heterocycles. The fraction of sp³-hybridized carbons (Fsp3) is 0.158. The Balaban J connectivity index is 1.88. The largest absolute Gasteiger partial charge is 0.481 e. The van der Waals surface area contributed by atoms with E-state index >= 15 is 0 Å². The Kier molecular flexibility index (Phi) is 4.15. The van der Waals surface area contributed by atoms with Crippen molar-refractivity contribution in [3.63, 3.8) is 0 Å². The van der Waals surface area contributed by atoms with Gasteiger partial charge in [0.05, 0.1) is 17.0 Å². The molecule has 0 unspecified atom stereocenters. The van der Waals surface area contributed by atoms with Crippen LogP contribution in [0.4, 0.5) is 0 Å². The summed E-state index contributed by atoms with van der Waals surface area (Å²) in [6.07, 6.45) is 2.99. The SMILES string of the molecule is CCc1ccc(-c2c(CC(=O)O)sc3nc(-c4cccs4)cn23)cc1. The quantitative estimate of drug-likeness (QED) is 0.540. The lowest BCUT2D eigenvalue weighted by Gasteiger charge is -2.05. The number of nitrogens with zero attached hydrogens (tertiary/aromatic N) is 2. The van der Waals surface area contributed by atoms with Crippen molar-refractivity contribution >= 4 is 33.6 Å². The number of carboxylic acid groups (broad SMARTS) is 1. The third-order valence-corrected chi connectivity index (χ3v) is 6.06. The van der Waals surface area contributed by atoms with E-state index in [0.717, 1.165) is 38.1 Å². The van der Waals surface area contributed by atoms with Crippen molar-refractivity contribution in [1.82, 2.24) is 9.38 Å². The highest BCUT2D eigenvalue weighted by Gasteiger charge is 2.19. The summed E-state index contributed by atoms with van der Waals surface area (Å²) < 4.78 is 2.03. The Labute approximate surface area is 153 Å². The minimum Gasteiger partial charge on any atom is -0.481 e. The Bertz CT molecular complexity index is 1030. The molecule has 6 heteroatoms. The van der Waals surface area contributed by atoms with Gasteiger partial charge in [-0.3, -0.25) is 9.20 Å². The predicted molar refractivity (Wildman–Crippen MR) is 103 cm³/mol. The van der Waals surface area contributed by atoms with Crippen molar-refractivity contribution in [2.75, 3.05) is 0 Å². The fourth-order valence-electron chi connectivity index (χ4n) is 2.89. The molecule has 0 bridgehead atoms. The summed E-state index contributed by atoms with van der Waals surface area (Å²) in [5.41, 5.74) is 4.14. The van der Waals surface area contributed by atoms with Crippen LogP contribution in [-0.2, 0) is 17.6 Å². The van der Waals surface area contributed by atoms with E-state index in [1.807, 2.05) is 28.1 Å². The van der Waals surface area contributed by atoms with Crippen LogP contribution in [0.2, 0.25) is 0 Å². The molecule has 0 atom stereocenters. The number of hydrogen-bond donors (Lipinski definition) is 1. The van der Waals surface area contributed by atoms with Crippen LogP contribution in [0.5, 0.6) is 0 Å². The third kappa shape index (κ3) is 2.99. The maximum Gasteiger partial charge on any atom is 0.308 e. The molecule has 0 fully saturated rings. The number of aryl methyl sites for hydroxylation is 1. The van der Waals surface area contributed by atoms with E-state index in [-0.39, 0.29) is 6.42 Å². The molecule has 0 amide bonds. The first kappa shape index (κ1) is 16.1. The topological polar surface area (TPSA) is 54.6 Å². The van der Waals surface area contributed by atoms with E-state index in [2.05, 4.69) is 31.2 Å². The van der Waals surface area contributed by atoms with Gasteiger partial charge in [-0.05, 0) is 29.0 Å². The van der Waals surface area contributed by atoms with Crippen molar-refractivity contribution in [2.45, 2.75) is 19.8 Å². The molecule has 0 spiro atoms. The molecule has 4 rings (SSSR count). The molecule has 4 aromatic rings. The van der Waals surface area contributed by atoms with Crippen LogP contribution in [0.3, 0.4) is 0 Å². The van der Waals surface area contributed by atoms with Crippen LogP contribution in [0.25, 0.3) is 26.8 Å². The average Bonchev–Trinajstić information content (AvgIpc) is 3.29. The second kappa shape index (κ2) is 6.46. The molecule has 4 nitrogen and oxygen atoms in total. The van der Waals surface area contributed by atoms with Gasteiger partial charge >= 0.3 is 5.97 Å². The molecule has 0 aliphatic heterocycles. The fourth-order valence-corrected chi connectivity index (χ4v) is 4.68. The van der Waals surface area contributed by atoms with Crippen LogP contribution in [-0.4, -0.2) is 20.5 Å². The van der Waals surface area contributed by atoms with Crippen LogP contribution < -0.4 is 0 Å². The summed E-state index contributed by atoms with van der Waals surface area (Å²) in [6, 6.07) is 12.4. The molecule has 0 radical (unpaired) electrons. The molecule has 25 heavy (non-hydrogen) atoms. The van der Waals surface area contributed by atoms with Crippen LogP contribution in [0, 0.1) is 0 Å². The van der Waals surface area contributed by atoms with Gasteiger partial charge in [0.2, 0.25) is 0 Å². The molecule has 0 saturated carbocycles. The maximum atomic E-state index is 11.3. The van der Waals surface area contributed by atoms with Crippen molar-refractivity contribution in [2.24, 2.45) is 0 Å². The van der Waals surface area contributed by atoms with E-state index in [0.29, 0.717) is 0 Å². The first-order valence-electron chi connectivity index (χ1n) is 8.01. The highest BCUT2D eigenvalue weighted by molar-refractivity contribution is 7.17. The number of hydrogen-bond acceptors (Lipinski definition) is 4. The first-order chi connectivity index (χ1) is 12.2. The van der Waals surface area contributed by atoms with Gasteiger partial charge in [-0.2, -0.15) is 0 Å². The summed E-state index contributed by atoms with van der Waals surface area (Å²) in [6.45, 7) is 2.12. The van der Waals surface area contributed by atoms with Gasteiger partial charge in [0.25, 0.3) is 0 Å². The molecule has 1 aromatic carbocycles. The van der Waals surface area contributed by atoms with Crippen molar-refractivity contribution in [3.8, 4) is 21.8 Å². The number of aromatic nitrogens is 2. The highest BCUT2D eigenvalue weighted by Crippen LogP contribution is 2.35. The lowest BCUT2D eigenvalue weighted by molar-refractivity contribution is -0.136. The molecule has 3 heterocycles. The number of benzene rings is 1. The molecule has 126 valence electrons. The zero-order valence-corrected chi connectivity index (χ0v) is 15.2. The molecule has 1 N–H and O–H groups in total. The van der Waals surface area contributed by atoms with Gasteiger partial charge in [0.15, 0.2) is 4.96 Å². The number of fused-ring (bicyclic) bond motifs is 1. The highest BCUT2D eigenvalue weighted by atomic mass is 32.1. The van der Waals surface area contributed by atoms with E-state index < -0.39 is 5.97 Å². The van der Waals surface area contributed by atoms with E-state index in [4.69, 9.17) is 4.98 Å². The summed E-state index contributed by atoms with van der Waals surface area (Å²) in [7, 11) is 0. The van der Waals surface area contributed by atoms with Gasteiger partial charge in [0.1, 0.15) is 5.69 Å². The van der Waals surface area contributed by atoms with Crippen LogP contribution >= 0.6 is 22.7 Å². The summed E-state index contributed by atoms with van der Waals surface area (Å²) >= 11 is 3.10. The first-order valence-corrected chi connectivity index (χ1v) is 9.71. The lowest BCUT2D eigenvalue weighted by Crippen LogP contribution is -2.00. The van der Waals surface area contributed by atoms with Gasteiger partial charge in [-0.1, -0.05) is 37.3 Å². The Morgan fingerprint density at radius 2 is 2.04 bits per heavy atom. The zero-order valence-electron chi connectivity index (χ0n) is 13.6. The summed E-state index contributed by atoms with van der Waals surface area (Å²) in [4.78, 5) is 18.8. The number of carbonyl (C=O) groups is 1. The van der Waals surface area contributed by atoms with Crippen molar-refractivity contribution in [1.29, 1.82) is 0 Å². The maximum absolute atomic E-state index is 11.3. The average molecular weight is 368 g/mol. The number of thiazole rings is 1. The molecule has 3 aromatic heterocycles. The van der Waals surface area contributed by atoms with Gasteiger partial charge in [-0.25, -0.2) is 4.98 Å². The third-order valence-electron chi connectivity index (χ3n) is 4.11. The smallest absolute Gasteiger partial charge is 0.308 e. The Morgan fingerprint density at radius 1 is 1.24 bits per heavy atom. The van der Waals surface area contributed by atoms with Crippen molar-refractivity contribution in [3.05, 3.63) is 58.4 Å². The number of aliphatic carboxylic acids is 1. The zero-order chi connectivity index (χ0) is 17.4. The number of thiophene rings is 1. The van der Waals surface area contributed by atoms with Gasteiger partial charge < -0.3 is 5.11 Å². The molecule has 0 aliphatic carbocycles. The summed E-state index contributed by atoms with van der Waals surface area (Å²) in [5, 5.41) is 11.3. The predicted octanol–water partition coefficient (Wildman–Crippen LogP) is 4.98. The molecular formula is C19H16N2O2S2. The Morgan fingerprint density at radius 3 is 2.68 bits per heavy atom. The number of imidazole rings is 1. The van der Waals surface area contributed by atoms with Gasteiger partial charge in [0, 0.05) is 11.1 Å². The minimum absolute atomic E-state index is 0.00717. The normalized spacial score (nSPS) is 11.2. The van der Waals surface area contributed by atoms with E-state index in [1.54, 1.807) is 11.3 Å². The van der Waals surface area contributed by atoms with Crippen LogP contribution in [0.15, 0.2) is 48.0 Å². The second-order valence-electron chi connectivity index (χ2n) is 5.75. The monoisotopic (exact) mass is 368 g/mol. The second-order valence-corrected chi connectivity index (χ2v) is 7.76. The molecule has 0 aliphatic rings. The summed E-state index contributed by atoms with van der Waals surface area (Å²) in [5.74, 6) is -0.825. The van der Waals surface area contributed by atoms with Crippen LogP contribution in [0.1, 0.15) is 17.4 Å². The van der Waals surface area contributed by atoms with Gasteiger partial charge in [-0.15, -0.1) is 22.7 Å². The molecular weight excluding hydrogens is 352 g/mol. The minimum atomic E-state index is -0.825. The lowest BCUT2D eigenvalue weighted by atomic mass is 10.1. The standard InChI is InChI=1S/C19H16N2O2S2/c1-2-12-5-7-13(8-6-12)18-16(10-17(22)23)25-19-20-14(11-21(18)19)15-4-3-9-24-15/h3-9,11H,2,10H2,1H3,(H,22,23). The Hall–Kier alpha value is -2.44. The number of carboxylic acids is 1.